The highest BCUT2D eigenvalue weighted by molar-refractivity contribution is 5.80. The van der Waals surface area contributed by atoms with E-state index in [1.54, 1.807) is 0 Å². The standard InChI is InChI=1S/C20H41N5/c1-5-21-20(25-15-13-24(14-16-25)17-18(3)4)22-10-7-19-8-11-23(6-2)12-9-19/h18-19H,5-17H2,1-4H3,(H,21,22). The molecule has 0 spiro atoms. The summed E-state index contributed by atoms with van der Waals surface area (Å²) in [6, 6.07) is 0. The molecule has 0 saturated carbocycles. The second-order valence-electron chi connectivity index (χ2n) is 8.08. The Morgan fingerprint density at radius 3 is 2.24 bits per heavy atom. The van der Waals surface area contributed by atoms with Gasteiger partial charge in [0.15, 0.2) is 5.96 Å². The molecule has 0 unspecified atom stereocenters. The van der Waals surface area contributed by atoms with E-state index in [0.717, 1.165) is 57.1 Å². The highest BCUT2D eigenvalue weighted by Crippen LogP contribution is 2.20. The second kappa shape index (κ2) is 11.0. The molecule has 0 atom stereocenters. The Labute approximate surface area is 155 Å². The smallest absolute Gasteiger partial charge is 0.194 e. The topological polar surface area (TPSA) is 34.1 Å². The van der Waals surface area contributed by atoms with Gasteiger partial charge in [-0.3, -0.25) is 9.89 Å². The lowest BCUT2D eigenvalue weighted by molar-refractivity contribution is 0.163. The first-order chi connectivity index (χ1) is 12.1. The van der Waals surface area contributed by atoms with Gasteiger partial charge >= 0.3 is 0 Å². The maximum Gasteiger partial charge on any atom is 0.194 e. The lowest BCUT2D eigenvalue weighted by Gasteiger charge is -2.37. The van der Waals surface area contributed by atoms with Crippen LogP contribution in [0.4, 0.5) is 0 Å². The van der Waals surface area contributed by atoms with Crippen LogP contribution in [0, 0.1) is 11.8 Å². The van der Waals surface area contributed by atoms with E-state index in [-0.39, 0.29) is 0 Å². The van der Waals surface area contributed by atoms with Crippen molar-refractivity contribution in [2.75, 3.05) is 65.4 Å². The Morgan fingerprint density at radius 2 is 1.68 bits per heavy atom. The highest BCUT2D eigenvalue weighted by Gasteiger charge is 2.21. The zero-order chi connectivity index (χ0) is 18.1. The molecule has 0 radical (unpaired) electrons. The van der Waals surface area contributed by atoms with Crippen LogP contribution < -0.4 is 5.32 Å². The normalized spacial score (nSPS) is 22.0. The summed E-state index contributed by atoms with van der Waals surface area (Å²) in [7, 11) is 0. The Bertz CT molecular complexity index is 380. The third-order valence-electron chi connectivity index (χ3n) is 5.58. The van der Waals surface area contributed by atoms with Crippen LogP contribution in [0.2, 0.25) is 0 Å². The van der Waals surface area contributed by atoms with Crippen molar-refractivity contribution in [2.45, 2.75) is 47.0 Å². The van der Waals surface area contributed by atoms with Gasteiger partial charge in [-0.05, 0) is 57.7 Å². The average molecular weight is 352 g/mol. The van der Waals surface area contributed by atoms with Crippen molar-refractivity contribution in [3.05, 3.63) is 0 Å². The zero-order valence-corrected chi connectivity index (χ0v) is 17.1. The number of piperidine rings is 1. The van der Waals surface area contributed by atoms with E-state index in [9.17, 15) is 0 Å². The summed E-state index contributed by atoms with van der Waals surface area (Å²) >= 11 is 0. The molecule has 5 heteroatoms. The van der Waals surface area contributed by atoms with Crippen LogP contribution in [0.15, 0.2) is 4.99 Å². The van der Waals surface area contributed by atoms with Crippen molar-refractivity contribution in [3.63, 3.8) is 0 Å². The molecule has 1 N–H and O–H groups in total. The highest BCUT2D eigenvalue weighted by atomic mass is 15.3. The molecular weight excluding hydrogens is 310 g/mol. The molecule has 0 aromatic heterocycles. The van der Waals surface area contributed by atoms with Gasteiger partial charge in [0.2, 0.25) is 0 Å². The lowest BCUT2D eigenvalue weighted by atomic mass is 9.94. The maximum absolute atomic E-state index is 4.96. The van der Waals surface area contributed by atoms with Gasteiger partial charge in [-0.2, -0.15) is 0 Å². The number of nitrogens with zero attached hydrogens (tertiary/aromatic N) is 4. The van der Waals surface area contributed by atoms with Gasteiger partial charge in [0.1, 0.15) is 0 Å². The molecule has 25 heavy (non-hydrogen) atoms. The molecule has 0 amide bonds. The van der Waals surface area contributed by atoms with E-state index in [1.807, 2.05) is 0 Å². The van der Waals surface area contributed by atoms with Gasteiger partial charge in [-0.25, -0.2) is 0 Å². The number of rotatable bonds is 7. The van der Waals surface area contributed by atoms with Crippen molar-refractivity contribution in [1.29, 1.82) is 0 Å². The van der Waals surface area contributed by atoms with Crippen molar-refractivity contribution >= 4 is 5.96 Å². The minimum Gasteiger partial charge on any atom is -0.357 e. The Morgan fingerprint density at radius 1 is 1.00 bits per heavy atom. The Kier molecular flexibility index (Phi) is 9.04. The molecule has 146 valence electrons. The van der Waals surface area contributed by atoms with Crippen molar-refractivity contribution in [1.82, 2.24) is 20.0 Å². The number of guanidine groups is 1. The number of piperazine rings is 1. The third-order valence-corrected chi connectivity index (χ3v) is 5.58. The number of aliphatic imine (C=N–C) groups is 1. The molecule has 2 aliphatic heterocycles. The molecule has 2 fully saturated rings. The lowest BCUT2D eigenvalue weighted by Crippen LogP contribution is -2.53. The summed E-state index contributed by atoms with van der Waals surface area (Å²) in [6.07, 6.45) is 3.96. The van der Waals surface area contributed by atoms with Crippen LogP contribution in [0.25, 0.3) is 0 Å². The second-order valence-corrected chi connectivity index (χ2v) is 8.08. The zero-order valence-electron chi connectivity index (χ0n) is 17.1. The van der Waals surface area contributed by atoms with E-state index in [1.165, 1.54) is 45.4 Å². The van der Waals surface area contributed by atoms with Crippen molar-refractivity contribution in [3.8, 4) is 0 Å². The monoisotopic (exact) mass is 351 g/mol. The van der Waals surface area contributed by atoms with Gasteiger partial charge in [0.25, 0.3) is 0 Å². The first kappa shape index (κ1) is 20.5. The number of hydrogen-bond donors (Lipinski definition) is 1. The summed E-state index contributed by atoms with van der Waals surface area (Å²) in [5.41, 5.74) is 0. The number of hydrogen-bond acceptors (Lipinski definition) is 3. The van der Waals surface area contributed by atoms with Crippen LogP contribution in [0.5, 0.6) is 0 Å². The fourth-order valence-electron chi connectivity index (χ4n) is 4.03. The molecule has 0 aromatic rings. The van der Waals surface area contributed by atoms with Gasteiger partial charge in [-0.15, -0.1) is 0 Å². The number of likely N-dealkylation sites (tertiary alicyclic amines) is 1. The molecule has 0 aromatic carbocycles. The van der Waals surface area contributed by atoms with Crippen LogP contribution in [-0.2, 0) is 0 Å². The van der Waals surface area contributed by atoms with Gasteiger partial charge in [-0.1, -0.05) is 20.8 Å². The first-order valence-electron chi connectivity index (χ1n) is 10.6. The van der Waals surface area contributed by atoms with Gasteiger partial charge in [0.05, 0.1) is 0 Å². The van der Waals surface area contributed by atoms with E-state index in [0.29, 0.717) is 0 Å². The summed E-state index contributed by atoms with van der Waals surface area (Å²) in [5.74, 6) is 2.77. The first-order valence-corrected chi connectivity index (χ1v) is 10.6. The van der Waals surface area contributed by atoms with Crippen molar-refractivity contribution in [2.24, 2.45) is 16.8 Å². The summed E-state index contributed by atoms with van der Waals surface area (Å²) in [5, 5.41) is 3.51. The minimum atomic E-state index is 0.757. The molecule has 0 aliphatic carbocycles. The number of nitrogens with one attached hydrogen (secondary N) is 1. The molecule has 2 rings (SSSR count). The molecule has 2 aliphatic rings. The fraction of sp³-hybridized carbons (Fsp3) is 0.950. The van der Waals surface area contributed by atoms with Crippen molar-refractivity contribution < 1.29 is 0 Å². The Hall–Kier alpha value is -0.810. The van der Waals surface area contributed by atoms with E-state index < -0.39 is 0 Å². The van der Waals surface area contributed by atoms with Crippen LogP contribution in [0.1, 0.15) is 47.0 Å². The molecule has 5 nitrogen and oxygen atoms in total. The fourth-order valence-corrected chi connectivity index (χ4v) is 4.03. The van der Waals surface area contributed by atoms with Crippen LogP contribution in [0.3, 0.4) is 0 Å². The maximum atomic E-state index is 4.96. The van der Waals surface area contributed by atoms with Crippen LogP contribution >= 0.6 is 0 Å². The largest absolute Gasteiger partial charge is 0.357 e. The third kappa shape index (κ3) is 7.14. The minimum absolute atomic E-state index is 0.757. The predicted molar refractivity (Wildman–Crippen MR) is 108 cm³/mol. The molecule has 2 heterocycles. The SMILES string of the molecule is CCNC(=NCCC1CCN(CC)CC1)N1CCN(CC(C)C)CC1. The van der Waals surface area contributed by atoms with E-state index in [2.05, 4.69) is 47.7 Å². The van der Waals surface area contributed by atoms with E-state index in [4.69, 9.17) is 4.99 Å². The summed E-state index contributed by atoms with van der Waals surface area (Å²) in [6.45, 7) is 20.5. The van der Waals surface area contributed by atoms with E-state index >= 15 is 0 Å². The molecule has 2 saturated heterocycles. The predicted octanol–water partition coefficient (Wildman–Crippen LogP) is 2.35. The molecule has 0 bridgehead atoms. The van der Waals surface area contributed by atoms with Crippen LogP contribution in [-0.4, -0.2) is 86.1 Å². The van der Waals surface area contributed by atoms with Gasteiger partial charge < -0.3 is 15.1 Å². The average Bonchev–Trinajstić information content (AvgIpc) is 2.62. The van der Waals surface area contributed by atoms with Gasteiger partial charge in [0, 0.05) is 45.8 Å². The molecular formula is C20H41N5. The summed E-state index contributed by atoms with van der Waals surface area (Å²) in [4.78, 5) is 12.6. The quantitative estimate of drug-likeness (QED) is 0.564. The Balaban J connectivity index is 1.75. The summed E-state index contributed by atoms with van der Waals surface area (Å²) < 4.78 is 0.